The van der Waals surface area contributed by atoms with Crippen LogP contribution in [0.25, 0.3) is 0 Å². The molecular formula is C12H22IN5S. The third-order valence-electron chi connectivity index (χ3n) is 2.92. The van der Waals surface area contributed by atoms with Crippen molar-refractivity contribution < 1.29 is 0 Å². The van der Waals surface area contributed by atoms with Crippen molar-refractivity contribution in [1.29, 1.82) is 0 Å². The van der Waals surface area contributed by atoms with Crippen LogP contribution in [-0.2, 0) is 6.54 Å². The van der Waals surface area contributed by atoms with Crippen LogP contribution in [0, 0.1) is 0 Å². The third kappa shape index (κ3) is 4.57. The summed E-state index contributed by atoms with van der Waals surface area (Å²) in [4.78, 5) is 14.7. The minimum atomic E-state index is 0. The minimum absolute atomic E-state index is 0. The number of aliphatic imine (C=N–C) groups is 1. The van der Waals surface area contributed by atoms with Crippen molar-refractivity contribution in [2.75, 3.05) is 40.3 Å². The first kappa shape index (κ1) is 16.6. The summed E-state index contributed by atoms with van der Waals surface area (Å²) in [5.74, 6) is 0.890. The Morgan fingerprint density at radius 2 is 2.26 bits per heavy atom. The number of hydrogen-bond acceptors (Lipinski definition) is 5. The number of rotatable bonds is 4. The highest BCUT2D eigenvalue weighted by Crippen LogP contribution is 2.03. The Morgan fingerprint density at radius 1 is 1.47 bits per heavy atom. The molecule has 0 fully saturated rings. The summed E-state index contributed by atoms with van der Waals surface area (Å²) in [6.45, 7) is 6.97. The van der Waals surface area contributed by atoms with E-state index < -0.39 is 0 Å². The predicted molar refractivity (Wildman–Crippen MR) is 91.4 cm³/mol. The molecule has 0 radical (unpaired) electrons. The highest BCUT2D eigenvalue weighted by atomic mass is 127. The van der Waals surface area contributed by atoms with Crippen molar-refractivity contribution in [3.63, 3.8) is 0 Å². The second kappa shape index (κ2) is 8.01. The van der Waals surface area contributed by atoms with E-state index in [1.807, 2.05) is 0 Å². The van der Waals surface area contributed by atoms with E-state index in [0.29, 0.717) is 0 Å². The van der Waals surface area contributed by atoms with Crippen molar-refractivity contribution in [3.05, 3.63) is 16.4 Å². The molecule has 0 aliphatic carbocycles. The molecule has 19 heavy (non-hydrogen) atoms. The van der Waals surface area contributed by atoms with E-state index in [4.69, 9.17) is 0 Å². The summed E-state index contributed by atoms with van der Waals surface area (Å²) < 4.78 is 2.15. The largest absolute Gasteiger partial charge is 0.338 e. The smallest absolute Gasteiger partial charge is 0.223 e. The summed E-state index contributed by atoms with van der Waals surface area (Å²) >= 11 is 1.67. The zero-order chi connectivity index (χ0) is 13.0. The Bertz CT molecular complexity index is 476. The van der Waals surface area contributed by atoms with Gasteiger partial charge in [0.1, 0.15) is 0 Å². The molecule has 108 valence electrons. The number of hydrogen-bond donors (Lipinski definition) is 0. The second-order valence-corrected chi connectivity index (χ2v) is 5.43. The van der Waals surface area contributed by atoms with Gasteiger partial charge < -0.3 is 14.4 Å². The normalized spacial score (nSPS) is 15.9. The molecule has 0 spiro atoms. The van der Waals surface area contributed by atoms with Gasteiger partial charge in [-0.25, -0.2) is 4.99 Å². The third-order valence-corrected chi connectivity index (χ3v) is 3.71. The molecule has 0 unspecified atom stereocenters. The van der Waals surface area contributed by atoms with Crippen LogP contribution in [0.2, 0.25) is 0 Å². The van der Waals surface area contributed by atoms with Crippen LogP contribution in [0.4, 0.5) is 0 Å². The Kier molecular flexibility index (Phi) is 7.01. The zero-order valence-electron chi connectivity index (χ0n) is 11.7. The van der Waals surface area contributed by atoms with Crippen molar-refractivity contribution in [2.24, 2.45) is 9.98 Å². The van der Waals surface area contributed by atoms with Crippen molar-refractivity contribution in [1.82, 2.24) is 14.4 Å². The van der Waals surface area contributed by atoms with Crippen LogP contribution in [0.3, 0.4) is 0 Å². The maximum atomic E-state index is 4.69. The van der Waals surface area contributed by atoms with Gasteiger partial charge >= 0.3 is 0 Å². The first-order valence-electron chi connectivity index (χ1n) is 6.33. The van der Waals surface area contributed by atoms with Gasteiger partial charge in [0.05, 0.1) is 6.54 Å². The van der Waals surface area contributed by atoms with E-state index in [-0.39, 0.29) is 24.0 Å². The fourth-order valence-electron chi connectivity index (χ4n) is 1.82. The molecule has 2 heterocycles. The van der Waals surface area contributed by atoms with Gasteiger partial charge in [0.2, 0.25) is 5.96 Å². The zero-order valence-corrected chi connectivity index (χ0v) is 14.9. The van der Waals surface area contributed by atoms with Crippen LogP contribution in [0.1, 0.15) is 6.92 Å². The molecule has 1 aliphatic rings. The molecule has 7 heteroatoms. The average molecular weight is 395 g/mol. The van der Waals surface area contributed by atoms with E-state index in [0.717, 1.165) is 43.5 Å². The van der Waals surface area contributed by atoms with Gasteiger partial charge in [-0.05, 0) is 21.0 Å². The lowest BCUT2D eigenvalue weighted by Crippen LogP contribution is -2.34. The number of aromatic nitrogens is 1. The Balaban J connectivity index is 0.00000180. The SMILES string of the molecule is CCn1ccs/c1=N/C1=NCCN1CCN(C)C.I. The summed E-state index contributed by atoms with van der Waals surface area (Å²) in [6, 6.07) is 0. The van der Waals surface area contributed by atoms with Crippen LogP contribution in [0.5, 0.6) is 0 Å². The monoisotopic (exact) mass is 395 g/mol. The molecule has 1 aromatic rings. The maximum absolute atomic E-state index is 4.69. The molecule has 0 saturated heterocycles. The van der Waals surface area contributed by atoms with E-state index in [2.05, 4.69) is 56.9 Å². The number of thiazole rings is 1. The molecule has 5 nitrogen and oxygen atoms in total. The first-order valence-corrected chi connectivity index (χ1v) is 7.21. The van der Waals surface area contributed by atoms with Gasteiger partial charge in [0.25, 0.3) is 0 Å². The van der Waals surface area contributed by atoms with Gasteiger partial charge in [-0.15, -0.1) is 35.3 Å². The lowest BCUT2D eigenvalue weighted by molar-refractivity contribution is 0.341. The minimum Gasteiger partial charge on any atom is -0.338 e. The molecule has 0 N–H and O–H groups in total. The Hall–Kier alpha value is -0.410. The van der Waals surface area contributed by atoms with Gasteiger partial charge in [0, 0.05) is 37.8 Å². The van der Waals surface area contributed by atoms with Gasteiger partial charge in [-0.1, -0.05) is 0 Å². The Labute approximate surface area is 135 Å². The number of nitrogens with zero attached hydrogens (tertiary/aromatic N) is 5. The van der Waals surface area contributed by atoms with Crippen molar-refractivity contribution >= 4 is 41.3 Å². The summed E-state index contributed by atoms with van der Waals surface area (Å²) in [7, 11) is 4.18. The van der Waals surface area contributed by atoms with E-state index in [1.165, 1.54) is 0 Å². The topological polar surface area (TPSA) is 36.1 Å². The van der Waals surface area contributed by atoms with E-state index in [1.54, 1.807) is 11.3 Å². The number of halogens is 1. The predicted octanol–water partition coefficient (Wildman–Crippen LogP) is 1.32. The number of aryl methyl sites for hydroxylation is 1. The highest BCUT2D eigenvalue weighted by molar-refractivity contribution is 14.0. The molecule has 0 aromatic carbocycles. The van der Waals surface area contributed by atoms with Crippen LogP contribution in [-0.4, -0.2) is 60.6 Å². The van der Waals surface area contributed by atoms with Crippen LogP contribution >= 0.6 is 35.3 Å². The van der Waals surface area contributed by atoms with E-state index >= 15 is 0 Å². The first-order chi connectivity index (χ1) is 8.70. The van der Waals surface area contributed by atoms with Crippen LogP contribution in [0.15, 0.2) is 21.6 Å². The van der Waals surface area contributed by atoms with Gasteiger partial charge in [-0.3, -0.25) is 0 Å². The van der Waals surface area contributed by atoms with E-state index in [9.17, 15) is 0 Å². The van der Waals surface area contributed by atoms with Crippen LogP contribution < -0.4 is 4.80 Å². The number of likely N-dealkylation sites (N-methyl/N-ethyl adjacent to an activating group) is 1. The molecular weight excluding hydrogens is 373 g/mol. The fourth-order valence-corrected chi connectivity index (χ4v) is 2.61. The average Bonchev–Trinajstić information content (AvgIpc) is 2.96. The van der Waals surface area contributed by atoms with Gasteiger partial charge in [0.15, 0.2) is 4.80 Å². The number of guanidine groups is 1. The molecule has 1 aliphatic heterocycles. The molecule has 1 aromatic heterocycles. The summed E-state index contributed by atoms with van der Waals surface area (Å²) in [5, 5.41) is 2.07. The highest BCUT2D eigenvalue weighted by Gasteiger charge is 2.16. The lowest BCUT2D eigenvalue weighted by atomic mass is 10.5. The standard InChI is InChI=1S/C12H21N5S.HI/c1-4-16-9-10-18-12(16)14-11-13-5-6-17(11)8-7-15(2)3;/h9-10H,4-8H2,1-3H3;1H/b14-12+;. The van der Waals surface area contributed by atoms with Crippen molar-refractivity contribution in [2.45, 2.75) is 13.5 Å². The summed E-state index contributed by atoms with van der Waals surface area (Å²) in [5.41, 5.74) is 0. The summed E-state index contributed by atoms with van der Waals surface area (Å²) in [6.07, 6.45) is 2.07. The molecule has 0 bridgehead atoms. The molecule has 0 saturated carbocycles. The Morgan fingerprint density at radius 3 is 2.95 bits per heavy atom. The molecule has 0 amide bonds. The molecule has 2 rings (SSSR count). The molecule has 0 atom stereocenters. The maximum Gasteiger partial charge on any atom is 0.223 e. The fraction of sp³-hybridized carbons (Fsp3) is 0.667. The second-order valence-electron chi connectivity index (χ2n) is 4.56. The van der Waals surface area contributed by atoms with Crippen molar-refractivity contribution in [3.8, 4) is 0 Å². The quantitative estimate of drug-likeness (QED) is 0.722. The van der Waals surface area contributed by atoms with Gasteiger partial charge in [-0.2, -0.15) is 4.99 Å². The lowest BCUT2D eigenvalue weighted by Gasteiger charge is -2.19.